The van der Waals surface area contributed by atoms with Crippen molar-refractivity contribution in [2.45, 2.75) is 58.5 Å². The quantitative estimate of drug-likeness (QED) is 0.735. The Kier molecular flexibility index (Phi) is 4.38. The molecule has 106 valence electrons. The Labute approximate surface area is 112 Å². The standard InChI is InChI=1S/C16H30O2/c1-11-12(2)14-9-13(11)10-15(14)16(3,17)7-5-6-8-18-4/h11-15,17H,5-10H2,1-4H3. The Balaban J connectivity index is 1.87. The molecule has 18 heavy (non-hydrogen) atoms. The summed E-state index contributed by atoms with van der Waals surface area (Å²) < 4.78 is 5.08. The van der Waals surface area contributed by atoms with Crippen LogP contribution >= 0.6 is 0 Å². The Morgan fingerprint density at radius 2 is 1.89 bits per heavy atom. The number of fused-ring (bicyclic) bond motifs is 2. The van der Waals surface area contributed by atoms with Gasteiger partial charge in [-0.2, -0.15) is 0 Å². The molecule has 2 saturated carbocycles. The summed E-state index contributed by atoms with van der Waals surface area (Å²) in [7, 11) is 1.75. The van der Waals surface area contributed by atoms with Crippen molar-refractivity contribution in [3.8, 4) is 0 Å². The van der Waals surface area contributed by atoms with Crippen molar-refractivity contribution >= 4 is 0 Å². The third-order valence-electron chi connectivity index (χ3n) is 5.98. The highest BCUT2D eigenvalue weighted by atomic mass is 16.5. The van der Waals surface area contributed by atoms with Gasteiger partial charge >= 0.3 is 0 Å². The van der Waals surface area contributed by atoms with Gasteiger partial charge in [0.2, 0.25) is 0 Å². The van der Waals surface area contributed by atoms with Crippen molar-refractivity contribution in [3.05, 3.63) is 0 Å². The molecule has 0 radical (unpaired) electrons. The van der Waals surface area contributed by atoms with Crippen LogP contribution in [0.2, 0.25) is 0 Å². The van der Waals surface area contributed by atoms with E-state index in [1.54, 1.807) is 7.11 Å². The number of aliphatic hydroxyl groups is 1. The molecule has 0 heterocycles. The SMILES string of the molecule is COCCCCC(C)(O)C1CC2CC1C(C)C2C. The maximum absolute atomic E-state index is 10.8. The van der Waals surface area contributed by atoms with Crippen LogP contribution in [0.5, 0.6) is 0 Å². The number of ether oxygens (including phenoxy) is 1. The van der Waals surface area contributed by atoms with Crippen molar-refractivity contribution in [2.75, 3.05) is 13.7 Å². The molecule has 6 unspecified atom stereocenters. The topological polar surface area (TPSA) is 29.5 Å². The van der Waals surface area contributed by atoms with Crippen LogP contribution in [0.4, 0.5) is 0 Å². The number of unbranched alkanes of at least 4 members (excludes halogenated alkanes) is 1. The van der Waals surface area contributed by atoms with Crippen LogP contribution in [-0.4, -0.2) is 24.4 Å². The highest BCUT2D eigenvalue weighted by Crippen LogP contribution is 2.58. The molecular formula is C16H30O2. The van der Waals surface area contributed by atoms with Gasteiger partial charge in [-0.15, -0.1) is 0 Å². The molecule has 2 fully saturated rings. The highest BCUT2D eigenvalue weighted by molar-refractivity contribution is 5.03. The molecule has 0 saturated heterocycles. The summed E-state index contributed by atoms with van der Waals surface area (Å²) in [6.45, 7) is 7.68. The normalized spacial score (nSPS) is 42.2. The summed E-state index contributed by atoms with van der Waals surface area (Å²) >= 11 is 0. The Hall–Kier alpha value is -0.0800. The highest BCUT2D eigenvalue weighted by Gasteiger charge is 2.53. The Bertz CT molecular complexity index is 272. The molecule has 0 aromatic heterocycles. The molecule has 2 heteroatoms. The predicted octanol–water partition coefficient (Wildman–Crippen LogP) is 3.48. The zero-order valence-corrected chi connectivity index (χ0v) is 12.5. The first-order chi connectivity index (χ1) is 8.47. The maximum atomic E-state index is 10.8. The van der Waals surface area contributed by atoms with E-state index in [0.717, 1.165) is 49.5 Å². The lowest BCUT2D eigenvalue weighted by atomic mass is 9.68. The minimum Gasteiger partial charge on any atom is -0.390 e. The van der Waals surface area contributed by atoms with Crippen LogP contribution in [-0.2, 0) is 4.74 Å². The first kappa shape index (κ1) is 14.3. The molecule has 2 rings (SSSR count). The van der Waals surface area contributed by atoms with Gasteiger partial charge in [-0.05, 0) is 68.6 Å². The van der Waals surface area contributed by atoms with Gasteiger partial charge < -0.3 is 9.84 Å². The van der Waals surface area contributed by atoms with E-state index < -0.39 is 5.60 Å². The number of hydrogen-bond acceptors (Lipinski definition) is 2. The third kappa shape index (κ3) is 2.60. The lowest BCUT2D eigenvalue weighted by molar-refractivity contribution is -0.0493. The fourth-order valence-corrected chi connectivity index (χ4v) is 4.57. The molecule has 0 aromatic carbocycles. The summed E-state index contributed by atoms with van der Waals surface area (Å²) in [5.74, 6) is 3.86. The van der Waals surface area contributed by atoms with Crippen molar-refractivity contribution in [1.82, 2.24) is 0 Å². The largest absolute Gasteiger partial charge is 0.390 e. The second kappa shape index (κ2) is 5.50. The third-order valence-corrected chi connectivity index (χ3v) is 5.98. The Morgan fingerprint density at radius 1 is 1.17 bits per heavy atom. The molecule has 0 amide bonds. The van der Waals surface area contributed by atoms with Crippen LogP contribution in [0.1, 0.15) is 52.9 Å². The lowest BCUT2D eigenvalue weighted by Gasteiger charge is -2.40. The van der Waals surface area contributed by atoms with Crippen LogP contribution in [0.15, 0.2) is 0 Å². The van der Waals surface area contributed by atoms with E-state index >= 15 is 0 Å². The van der Waals surface area contributed by atoms with Crippen molar-refractivity contribution in [1.29, 1.82) is 0 Å². The van der Waals surface area contributed by atoms with Crippen LogP contribution in [0, 0.1) is 29.6 Å². The van der Waals surface area contributed by atoms with Crippen LogP contribution in [0.3, 0.4) is 0 Å². The minimum atomic E-state index is -0.457. The second-order valence-electron chi connectivity index (χ2n) is 7.03. The zero-order valence-electron chi connectivity index (χ0n) is 12.5. The zero-order chi connectivity index (χ0) is 13.3. The van der Waals surface area contributed by atoms with E-state index in [1.807, 2.05) is 0 Å². The maximum Gasteiger partial charge on any atom is 0.0650 e. The van der Waals surface area contributed by atoms with Gasteiger partial charge in [-0.1, -0.05) is 13.8 Å². The molecule has 0 aliphatic heterocycles. The van der Waals surface area contributed by atoms with Crippen LogP contribution in [0.25, 0.3) is 0 Å². The van der Waals surface area contributed by atoms with Gasteiger partial charge in [-0.25, -0.2) is 0 Å². The molecular weight excluding hydrogens is 224 g/mol. The molecule has 1 N–H and O–H groups in total. The fourth-order valence-electron chi connectivity index (χ4n) is 4.57. The van der Waals surface area contributed by atoms with Gasteiger partial charge in [0.1, 0.15) is 0 Å². The van der Waals surface area contributed by atoms with E-state index in [9.17, 15) is 5.11 Å². The van der Waals surface area contributed by atoms with E-state index in [0.29, 0.717) is 5.92 Å². The number of hydrogen-bond donors (Lipinski definition) is 1. The summed E-state index contributed by atoms with van der Waals surface area (Å²) in [5, 5.41) is 10.8. The van der Waals surface area contributed by atoms with Gasteiger partial charge in [0.05, 0.1) is 5.60 Å². The molecule has 2 aliphatic rings. The second-order valence-corrected chi connectivity index (χ2v) is 7.03. The molecule has 2 aliphatic carbocycles. The van der Waals surface area contributed by atoms with E-state index in [1.165, 1.54) is 12.8 Å². The van der Waals surface area contributed by atoms with Crippen molar-refractivity contribution < 1.29 is 9.84 Å². The van der Waals surface area contributed by atoms with Gasteiger partial charge in [0.25, 0.3) is 0 Å². The molecule has 2 nitrogen and oxygen atoms in total. The predicted molar refractivity (Wildman–Crippen MR) is 74.4 cm³/mol. The molecule has 0 aromatic rings. The van der Waals surface area contributed by atoms with E-state index in [4.69, 9.17) is 4.74 Å². The van der Waals surface area contributed by atoms with E-state index in [2.05, 4.69) is 20.8 Å². The van der Waals surface area contributed by atoms with Crippen molar-refractivity contribution in [3.63, 3.8) is 0 Å². The first-order valence-electron chi connectivity index (χ1n) is 7.68. The average molecular weight is 254 g/mol. The van der Waals surface area contributed by atoms with Gasteiger partial charge in [0.15, 0.2) is 0 Å². The number of rotatable bonds is 6. The van der Waals surface area contributed by atoms with E-state index in [-0.39, 0.29) is 0 Å². The smallest absolute Gasteiger partial charge is 0.0650 e. The summed E-state index contributed by atoms with van der Waals surface area (Å²) in [6, 6.07) is 0. The Morgan fingerprint density at radius 3 is 2.44 bits per heavy atom. The average Bonchev–Trinajstić information content (AvgIpc) is 2.87. The summed E-state index contributed by atoms with van der Waals surface area (Å²) in [5.41, 5.74) is -0.457. The number of methoxy groups -OCH3 is 1. The molecule has 0 spiro atoms. The van der Waals surface area contributed by atoms with Gasteiger partial charge in [-0.3, -0.25) is 0 Å². The lowest BCUT2D eigenvalue weighted by Crippen LogP contribution is -2.41. The fraction of sp³-hybridized carbons (Fsp3) is 1.00. The monoisotopic (exact) mass is 254 g/mol. The molecule has 2 bridgehead atoms. The van der Waals surface area contributed by atoms with Gasteiger partial charge in [0, 0.05) is 13.7 Å². The minimum absolute atomic E-state index is 0.457. The first-order valence-corrected chi connectivity index (χ1v) is 7.68. The molecule has 6 atom stereocenters. The van der Waals surface area contributed by atoms with Crippen LogP contribution < -0.4 is 0 Å². The summed E-state index contributed by atoms with van der Waals surface area (Å²) in [6.07, 6.45) is 5.71. The summed E-state index contributed by atoms with van der Waals surface area (Å²) in [4.78, 5) is 0. The van der Waals surface area contributed by atoms with Crippen molar-refractivity contribution in [2.24, 2.45) is 29.6 Å².